The van der Waals surface area contributed by atoms with Crippen LogP contribution in [0.3, 0.4) is 0 Å². The molecule has 3 rings (SSSR count). The Kier molecular flexibility index (Phi) is 2.44. The summed E-state index contributed by atoms with van der Waals surface area (Å²) in [6, 6.07) is 9.20. The molecule has 0 saturated carbocycles. The Hall–Kier alpha value is -2.43. The van der Waals surface area contributed by atoms with Gasteiger partial charge in [0.1, 0.15) is 11.5 Å². The van der Waals surface area contributed by atoms with E-state index in [0.29, 0.717) is 11.5 Å². The van der Waals surface area contributed by atoms with E-state index < -0.39 is 11.6 Å². The van der Waals surface area contributed by atoms with E-state index >= 15 is 0 Å². The molecule has 5 heteroatoms. The normalized spacial score (nSPS) is 10.8. The van der Waals surface area contributed by atoms with Crippen LogP contribution in [0.5, 0.6) is 0 Å². The van der Waals surface area contributed by atoms with Crippen LogP contribution in [0.2, 0.25) is 0 Å². The fraction of sp³-hybridized carbons (Fsp3) is 0. The predicted molar refractivity (Wildman–Crippen MR) is 65.7 cm³/mol. The Bertz CT molecular complexity index is 706. The van der Waals surface area contributed by atoms with E-state index in [1.165, 1.54) is 6.07 Å². The van der Waals surface area contributed by atoms with Gasteiger partial charge >= 0.3 is 0 Å². The molecule has 0 bridgehead atoms. The molecule has 0 spiro atoms. The van der Waals surface area contributed by atoms with Crippen LogP contribution in [0, 0.1) is 11.6 Å². The van der Waals surface area contributed by atoms with Gasteiger partial charge in [-0.1, -0.05) is 0 Å². The molecule has 0 aliphatic heterocycles. The van der Waals surface area contributed by atoms with Crippen molar-refractivity contribution >= 4 is 22.5 Å². The highest BCUT2D eigenvalue weighted by atomic mass is 19.2. The van der Waals surface area contributed by atoms with Crippen LogP contribution in [0.4, 0.5) is 20.3 Å². The summed E-state index contributed by atoms with van der Waals surface area (Å²) in [7, 11) is 0. The number of aromatic nitrogens is 2. The number of hydrogen-bond donors (Lipinski definition) is 2. The minimum atomic E-state index is -0.888. The second-order valence-corrected chi connectivity index (χ2v) is 3.87. The van der Waals surface area contributed by atoms with Gasteiger partial charge in [-0.15, -0.1) is 0 Å². The van der Waals surface area contributed by atoms with Crippen molar-refractivity contribution in [3.05, 3.63) is 54.2 Å². The van der Waals surface area contributed by atoms with Crippen molar-refractivity contribution in [3.8, 4) is 0 Å². The summed E-state index contributed by atoms with van der Waals surface area (Å²) in [6.45, 7) is 0. The summed E-state index contributed by atoms with van der Waals surface area (Å²) < 4.78 is 25.8. The van der Waals surface area contributed by atoms with Gasteiger partial charge in [0, 0.05) is 23.3 Å². The monoisotopic (exact) mass is 245 g/mol. The Labute approximate surface area is 101 Å². The van der Waals surface area contributed by atoms with Gasteiger partial charge in [-0.25, -0.2) is 13.8 Å². The number of halogens is 2. The summed E-state index contributed by atoms with van der Waals surface area (Å²) in [6.07, 6.45) is 1.79. The molecule has 0 fully saturated rings. The fourth-order valence-corrected chi connectivity index (χ4v) is 1.72. The van der Waals surface area contributed by atoms with Crippen LogP contribution in [0.15, 0.2) is 42.6 Å². The average molecular weight is 245 g/mol. The zero-order chi connectivity index (χ0) is 12.5. The van der Waals surface area contributed by atoms with Crippen molar-refractivity contribution in [1.82, 2.24) is 9.97 Å². The summed E-state index contributed by atoms with van der Waals surface area (Å²) in [5, 5.41) is 3.91. The van der Waals surface area contributed by atoms with E-state index in [0.717, 1.165) is 23.2 Å². The molecule has 2 aromatic heterocycles. The molecule has 90 valence electrons. The van der Waals surface area contributed by atoms with E-state index in [2.05, 4.69) is 15.3 Å². The van der Waals surface area contributed by atoms with Crippen LogP contribution in [0.25, 0.3) is 11.0 Å². The van der Waals surface area contributed by atoms with E-state index in [1.54, 1.807) is 12.3 Å². The molecule has 3 aromatic rings. The van der Waals surface area contributed by atoms with Crippen molar-refractivity contribution < 1.29 is 8.78 Å². The summed E-state index contributed by atoms with van der Waals surface area (Å²) in [5.74, 6) is -1.19. The van der Waals surface area contributed by atoms with Gasteiger partial charge < -0.3 is 10.3 Å². The highest BCUT2D eigenvalue weighted by molar-refractivity contribution is 5.77. The van der Waals surface area contributed by atoms with Crippen LogP contribution < -0.4 is 5.32 Å². The van der Waals surface area contributed by atoms with Gasteiger partial charge in [-0.2, -0.15) is 0 Å². The molecular formula is C13H9F2N3. The summed E-state index contributed by atoms with van der Waals surface area (Å²) in [4.78, 5) is 7.28. The number of nitrogens with one attached hydrogen (secondary N) is 2. The maximum Gasteiger partial charge on any atom is 0.160 e. The largest absolute Gasteiger partial charge is 0.346 e. The highest BCUT2D eigenvalue weighted by Gasteiger charge is 2.04. The molecule has 0 amide bonds. The molecule has 18 heavy (non-hydrogen) atoms. The number of anilines is 2. The third-order valence-corrected chi connectivity index (χ3v) is 2.60. The van der Waals surface area contributed by atoms with Crippen molar-refractivity contribution in [2.75, 3.05) is 5.32 Å². The lowest BCUT2D eigenvalue weighted by molar-refractivity contribution is 0.509. The maximum atomic E-state index is 13.0. The number of pyridine rings is 1. The first kappa shape index (κ1) is 10.7. The minimum absolute atomic E-state index is 0.451. The third-order valence-electron chi connectivity index (χ3n) is 2.60. The molecular weight excluding hydrogens is 236 g/mol. The quantitative estimate of drug-likeness (QED) is 0.724. The summed E-state index contributed by atoms with van der Waals surface area (Å²) in [5.41, 5.74) is 1.19. The zero-order valence-corrected chi connectivity index (χ0v) is 9.24. The van der Waals surface area contributed by atoms with Gasteiger partial charge in [0.2, 0.25) is 0 Å². The van der Waals surface area contributed by atoms with E-state index in [9.17, 15) is 8.78 Å². The van der Waals surface area contributed by atoms with Crippen molar-refractivity contribution in [2.24, 2.45) is 0 Å². The second-order valence-electron chi connectivity index (χ2n) is 3.87. The SMILES string of the molecule is Fc1ccc(Nc2ccc3cc[nH]c3n2)cc1F. The van der Waals surface area contributed by atoms with E-state index in [1.807, 2.05) is 12.1 Å². The maximum absolute atomic E-state index is 13.0. The minimum Gasteiger partial charge on any atom is -0.346 e. The predicted octanol–water partition coefficient (Wildman–Crippen LogP) is 3.58. The first-order chi connectivity index (χ1) is 8.72. The Morgan fingerprint density at radius 2 is 1.89 bits per heavy atom. The highest BCUT2D eigenvalue weighted by Crippen LogP contribution is 2.19. The second kappa shape index (κ2) is 4.10. The lowest BCUT2D eigenvalue weighted by Crippen LogP contribution is -1.95. The van der Waals surface area contributed by atoms with Gasteiger partial charge in [0.25, 0.3) is 0 Å². The van der Waals surface area contributed by atoms with Crippen molar-refractivity contribution in [2.45, 2.75) is 0 Å². The van der Waals surface area contributed by atoms with Crippen LogP contribution in [-0.4, -0.2) is 9.97 Å². The van der Waals surface area contributed by atoms with Crippen LogP contribution >= 0.6 is 0 Å². The third kappa shape index (κ3) is 1.90. The van der Waals surface area contributed by atoms with Crippen molar-refractivity contribution in [1.29, 1.82) is 0 Å². The number of nitrogens with zero attached hydrogens (tertiary/aromatic N) is 1. The number of benzene rings is 1. The van der Waals surface area contributed by atoms with Crippen LogP contribution in [-0.2, 0) is 0 Å². The Balaban J connectivity index is 1.92. The molecule has 2 heterocycles. The summed E-state index contributed by atoms with van der Waals surface area (Å²) >= 11 is 0. The number of rotatable bonds is 2. The molecule has 0 radical (unpaired) electrons. The molecule has 2 N–H and O–H groups in total. The Morgan fingerprint density at radius 3 is 2.72 bits per heavy atom. The van der Waals surface area contributed by atoms with Crippen LogP contribution in [0.1, 0.15) is 0 Å². The molecule has 0 saturated heterocycles. The molecule has 0 atom stereocenters. The lowest BCUT2D eigenvalue weighted by Gasteiger charge is -2.05. The molecule has 0 aliphatic rings. The van der Waals surface area contributed by atoms with Gasteiger partial charge in [-0.3, -0.25) is 0 Å². The topological polar surface area (TPSA) is 40.7 Å². The smallest absolute Gasteiger partial charge is 0.160 e. The standard InChI is InChI=1S/C13H9F2N3/c14-10-3-2-9(7-11(10)15)17-12-4-1-8-5-6-16-13(8)18-12/h1-7H,(H2,16,17,18). The van der Waals surface area contributed by atoms with Gasteiger partial charge in [0.05, 0.1) is 0 Å². The molecule has 0 unspecified atom stereocenters. The number of hydrogen-bond acceptors (Lipinski definition) is 2. The Morgan fingerprint density at radius 1 is 1.00 bits per heavy atom. The molecule has 0 aliphatic carbocycles. The number of aromatic amines is 1. The van der Waals surface area contributed by atoms with Crippen molar-refractivity contribution in [3.63, 3.8) is 0 Å². The van der Waals surface area contributed by atoms with E-state index in [4.69, 9.17) is 0 Å². The number of H-pyrrole nitrogens is 1. The molecule has 3 nitrogen and oxygen atoms in total. The van der Waals surface area contributed by atoms with E-state index in [-0.39, 0.29) is 0 Å². The lowest BCUT2D eigenvalue weighted by atomic mass is 10.3. The number of fused-ring (bicyclic) bond motifs is 1. The average Bonchev–Trinajstić information content (AvgIpc) is 2.81. The fourth-order valence-electron chi connectivity index (χ4n) is 1.72. The first-order valence-electron chi connectivity index (χ1n) is 5.38. The van der Waals surface area contributed by atoms with Gasteiger partial charge in [-0.05, 0) is 30.3 Å². The first-order valence-corrected chi connectivity index (χ1v) is 5.38. The zero-order valence-electron chi connectivity index (χ0n) is 9.24. The van der Waals surface area contributed by atoms with Gasteiger partial charge in [0.15, 0.2) is 11.6 Å². The molecule has 1 aromatic carbocycles.